The summed E-state index contributed by atoms with van der Waals surface area (Å²) in [6, 6.07) is 25.0. The number of carbonyl (C=O) groups is 1. The molecule has 0 amide bonds. The molecule has 6 nitrogen and oxygen atoms in total. The lowest BCUT2D eigenvalue weighted by Crippen LogP contribution is -2.66. The summed E-state index contributed by atoms with van der Waals surface area (Å²) < 4.78 is 13.0. The van der Waals surface area contributed by atoms with Gasteiger partial charge in [-0.25, -0.2) is 9.78 Å². The highest BCUT2D eigenvalue weighted by molar-refractivity contribution is 9.10. The van der Waals surface area contributed by atoms with Crippen molar-refractivity contribution in [2.75, 3.05) is 18.5 Å². The third-order valence-electron chi connectivity index (χ3n) is 6.12. The zero-order valence-electron chi connectivity index (χ0n) is 21.3. The van der Waals surface area contributed by atoms with Crippen molar-refractivity contribution in [3.05, 3.63) is 83.0 Å². The fourth-order valence-corrected chi connectivity index (χ4v) is 9.44. The highest BCUT2D eigenvalue weighted by Crippen LogP contribution is 2.37. The maximum absolute atomic E-state index is 10.8. The number of nitrogens with one attached hydrogen (secondary N) is 1. The van der Waals surface area contributed by atoms with Crippen molar-refractivity contribution in [1.82, 2.24) is 4.98 Å². The number of hydrogen-bond donors (Lipinski definition) is 2. The molecule has 0 saturated carbocycles. The van der Waals surface area contributed by atoms with Crippen molar-refractivity contribution < 1.29 is 19.1 Å². The minimum absolute atomic E-state index is 0.0587. The Balaban J connectivity index is 1.90. The Labute approximate surface area is 223 Å². The molecule has 0 aliphatic heterocycles. The number of aromatic nitrogens is 1. The fourth-order valence-electron chi connectivity index (χ4n) is 4.42. The van der Waals surface area contributed by atoms with Crippen LogP contribution in [0.1, 0.15) is 39.7 Å². The summed E-state index contributed by atoms with van der Waals surface area (Å²) in [5.41, 5.74) is 0.994. The van der Waals surface area contributed by atoms with Crippen molar-refractivity contribution >= 4 is 46.4 Å². The number of benzene rings is 2. The fraction of sp³-hybridized carbons (Fsp3) is 0.357. The standard InChI is InChI=1S/C28H35BrN2O4Si/c1-5-22(19-34-20-27(32)33)30-26-17-21(16-25(29)31-26)18-35-36(28(2,3)4,23-12-8-6-9-13-23)24-14-10-7-11-15-24/h6-17,22H,5,18-20H2,1-4H3,(H,30,31)(H,32,33). The van der Waals surface area contributed by atoms with Gasteiger partial charge in [0.05, 0.1) is 19.3 Å². The minimum Gasteiger partial charge on any atom is -0.480 e. The second-order valence-corrected chi connectivity index (χ2v) is 14.9. The maximum Gasteiger partial charge on any atom is 0.329 e. The van der Waals surface area contributed by atoms with Crippen LogP contribution in [0.25, 0.3) is 0 Å². The van der Waals surface area contributed by atoms with Crippen molar-refractivity contribution in [1.29, 1.82) is 0 Å². The van der Waals surface area contributed by atoms with Crippen molar-refractivity contribution in [2.24, 2.45) is 0 Å². The van der Waals surface area contributed by atoms with Crippen molar-refractivity contribution in [3.8, 4) is 0 Å². The van der Waals surface area contributed by atoms with E-state index in [-0.39, 0.29) is 24.3 Å². The average Bonchev–Trinajstić information content (AvgIpc) is 2.84. The van der Waals surface area contributed by atoms with Crippen molar-refractivity contribution in [2.45, 2.75) is 51.8 Å². The van der Waals surface area contributed by atoms with E-state index in [1.807, 2.05) is 31.2 Å². The first-order valence-electron chi connectivity index (χ1n) is 12.1. The molecule has 1 unspecified atom stereocenters. The lowest BCUT2D eigenvalue weighted by Gasteiger charge is -2.43. The maximum atomic E-state index is 10.8. The molecule has 192 valence electrons. The van der Waals surface area contributed by atoms with E-state index in [1.54, 1.807) is 0 Å². The van der Waals surface area contributed by atoms with Crippen LogP contribution < -0.4 is 15.7 Å². The number of carboxylic acids is 1. The van der Waals surface area contributed by atoms with Crippen LogP contribution in [0.2, 0.25) is 5.04 Å². The lowest BCUT2D eigenvalue weighted by molar-refractivity contribution is -0.142. The number of nitrogens with zero attached hydrogens (tertiary/aromatic N) is 1. The summed E-state index contributed by atoms with van der Waals surface area (Å²) in [6.07, 6.45) is 0.766. The van der Waals surface area contributed by atoms with Gasteiger partial charge in [0.25, 0.3) is 8.32 Å². The SMILES string of the molecule is CCC(COCC(=O)O)Nc1cc(CO[Si](c2ccccc2)(c2ccccc2)C(C)(C)C)cc(Br)n1. The first-order chi connectivity index (χ1) is 17.2. The Hall–Kier alpha value is -2.52. The first kappa shape index (κ1) is 28.1. The monoisotopic (exact) mass is 570 g/mol. The molecule has 0 radical (unpaired) electrons. The summed E-state index contributed by atoms with van der Waals surface area (Å²) in [5, 5.41) is 14.6. The molecule has 2 aromatic carbocycles. The lowest BCUT2D eigenvalue weighted by atomic mass is 10.2. The van der Waals surface area contributed by atoms with Crippen LogP contribution >= 0.6 is 15.9 Å². The first-order valence-corrected chi connectivity index (χ1v) is 14.8. The molecule has 8 heteroatoms. The van der Waals surface area contributed by atoms with Crippen LogP contribution in [0, 0.1) is 0 Å². The van der Waals surface area contributed by atoms with E-state index in [1.165, 1.54) is 10.4 Å². The number of hydrogen-bond acceptors (Lipinski definition) is 5. The van der Waals surface area contributed by atoms with Crippen LogP contribution in [-0.4, -0.2) is 43.6 Å². The zero-order chi connectivity index (χ0) is 26.2. The van der Waals surface area contributed by atoms with E-state index in [0.29, 0.717) is 17.0 Å². The van der Waals surface area contributed by atoms with Gasteiger partial charge in [0.2, 0.25) is 0 Å². The third kappa shape index (κ3) is 7.03. The van der Waals surface area contributed by atoms with Crippen LogP contribution in [0.15, 0.2) is 77.4 Å². The van der Waals surface area contributed by atoms with E-state index in [9.17, 15) is 4.79 Å². The normalized spacial score (nSPS) is 12.8. The number of carboxylic acid groups (broad SMARTS) is 1. The molecule has 1 atom stereocenters. The molecular formula is C28H35BrN2O4Si. The van der Waals surface area contributed by atoms with Crippen LogP contribution in [-0.2, 0) is 20.6 Å². The molecule has 2 N–H and O–H groups in total. The van der Waals surface area contributed by atoms with Gasteiger partial charge >= 0.3 is 5.97 Å². The molecule has 0 fully saturated rings. The van der Waals surface area contributed by atoms with Crippen LogP contribution in [0.5, 0.6) is 0 Å². The average molecular weight is 572 g/mol. The second-order valence-electron chi connectivity index (χ2n) is 9.79. The van der Waals surface area contributed by atoms with Gasteiger partial charge < -0.3 is 19.6 Å². The molecule has 3 rings (SSSR count). The van der Waals surface area contributed by atoms with E-state index >= 15 is 0 Å². The molecule has 1 aromatic heterocycles. The Morgan fingerprint density at radius 3 is 2.14 bits per heavy atom. The third-order valence-corrected chi connectivity index (χ3v) is 11.5. The summed E-state index contributed by atoms with van der Waals surface area (Å²) >= 11 is 3.54. The number of ether oxygens (including phenoxy) is 1. The number of rotatable bonds is 12. The van der Waals surface area contributed by atoms with Gasteiger partial charge in [-0.1, -0.05) is 88.4 Å². The topological polar surface area (TPSA) is 80.7 Å². The molecule has 0 saturated heterocycles. The zero-order valence-corrected chi connectivity index (χ0v) is 23.9. The highest BCUT2D eigenvalue weighted by Gasteiger charge is 2.50. The Kier molecular flexibility index (Phi) is 9.84. The van der Waals surface area contributed by atoms with Crippen LogP contribution in [0.4, 0.5) is 5.82 Å². The van der Waals surface area contributed by atoms with E-state index < -0.39 is 14.3 Å². The molecule has 36 heavy (non-hydrogen) atoms. The predicted octanol–water partition coefficient (Wildman–Crippen LogP) is 5.21. The van der Waals surface area contributed by atoms with Crippen LogP contribution in [0.3, 0.4) is 0 Å². The summed E-state index contributed by atoms with van der Waals surface area (Å²) in [4.78, 5) is 15.3. The van der Waals surface area contributed by atoms with Crippen molar-refractivity contribution in [3.63, 3.8) is 0 Å². The molecule has 0 aliphatic rings. The van der Waals surface area contributed by atoms with Gasteiger partial charge in [0.15, 0.2) is 0 Å². The number of anilines is 1. The Bertz CT molecular complexity index is 1080. The minimum atomic E-state index is -2.67. The van der Waals surface area contributed by atoms with E-state index in [4.69, 9.17) is 14.3 Å². The molecule has 0 spiro atoms. The number of pyridine rings is 1. The molecule has 0 bridgehead atoms. The van der Waals surface area contributed by atoms with Gasteiger partial charge in [-0.05, 0) is 55.5 Å². The summed E-state index contributed by atoms with van der Waals surface area (Å²) in [6.45, 7) is 9.20. The highest BCUT2D eigenvalue weighted by atomic mass is 79.9. The molecule has 3 aromatic rings. The van der Waals surface area contributed by atoms with E-state index in [0.717, 1.165) is 12.0 Å². The number of aliphatic carboxylic acids is 1. The summed E-state index contributed by atoms with van der Waals surface area (Å²) in [7, 11) is -2.67. The van der Waals surface area contributed by atoms with E-state index in [2.05, 4.69) is 95.5 Å². The Morgan fingerprint density at radius 1 is 1.06 bits per heavy atom. The molecular weight excluding hydrogens is 536 g/mol. The second kappa shape index (κ2) is 12.6. The summed E-state index contributed by atoms with van der Waals surface area (Å²) in [5.74, 6) is -0.288. The van der Waals surface area contributed by atoms with Gasteiger partial charge in [-0.3, -0.25) is 0 Å². The Morgan fingerprint density at radius 2 is 1.64 bits per heavy atom. The molecule has 1 heterocycles. The van der Waals surface area contributed by atoms with Gasteiger partial charge in [-0.15, -0.1) is 0 Å². The number of halogens is 1. The quantitative estimate of drug-likeness (QED) is 0.230. The molecule has 0 aliphatic carbocycles. The largest absolute Gasteiger partial charge is 0.480 e. The van der Waals surface area contributed by atoms with Gasteiger partial charge in [0, 0.05) is 0 Å². The predicted molar refractivity (Wildman–Crippen MR) is 151 cm³/mol. The van der Waals surface area contributed by atoms with Gasteiger partial charge in [-0.2, -0.15) is 0 Å². The van der Waals surface area contributed by atoms with Gasteiger partial charge in [0.1, 0.15) is 17.0 Å². The smallest absolute Gasteiger partial charge is 0.329 e.